The zero-order chi connectivity index (χ0) is 19.3. The molecule has 134 valence electrons. The molecule has 0 saturated carbocycles. The van der Waals surface area contributed by atoms with Crippen molar-refractivity contribution in [2.24, 2.45) is 0 Å². The van der Waals surface area contributed by atoms with Gasteiger partial charge in [0.15, 0.2) is 22.4 Å². The van der Waals surface area contributed by atoms with Crippen LogP contribution in [0.3, 0.4) is 0 Å². The molecule has 2 aromatic rings. The van der Waals surface area contributed by atoms with Crippen LogP contribution in [-0.4, -0.2) is 39.4 Å². The molecule has 7 nitrogen and oxygen atoms in total. The Bertz CT molecular complexity index is 889. The summed E-state index contributed by atoms with van der Waals surface area (Å²) in [6, 6.07) is 6.87. The monoisotopic (exact) mass is 377 g/mol. The molecule has 26 heavy (non-hydrogen) atoms. The molecular weight excluding hydrogens is 364 g/mol. The number of nitrogens with zero attached hydrogens (tertiary/aromatic N) is 7. The van der Waals surface area contributed by atoms with Gasteiger partial charge in [-0.15, -0.1) is 20.4 Å². The van der Waals surface area contributed by atoms with E-state index < -0.39 is 5.92 Å². The van der Waals surface area contributed by atoms with Crippen molar-refractivity contribution in [2.45, 2.75) is 26.2 Å². The third-order valence-corrected chi connectivity index (χ3v) is 3.95. The number of rotatable bonds is 1. The van der Waals surface area contributed by atoms with Crippen LogP contribution in [0.4, 0.5) is 14.6 Å². The first-order valence-corrected chi connectivity index (χ1v) is 7.90. The van der Waals surface area contributed by atoms with E-state index >= 15 is 0 Å². The number of hydrogen-bond acceptors (Lipinski definition) is 7. The van der Waals surface area contributed by atoms with Crippen LogP contribution in [0.5, 0.6) is 0 Å². The van der Waals surface area contributed by atoms with Gasteiger partial charge in [-0.1, -0.05) is 11.6 Å². The summed E-state index contributed by atoms with van der Waals surface area (Å²) in [5.41, 5.74) is 1.96. The first-order chi connectivity index (χ1) is 12.3. The Morgan fingerprint density at radius 2 is 1.62 bits per heavy atom. The standard InChI is InChI=1S/C10H10F2N4.C6H4ClN3/c1-7-4-8(5-13)14-15-9(7)16-3-2-10(11,12)6-16;1-4-2-5(3-8)9-10-6(4)7/h4H,2-3,6H2,1H3;2H,1H3. The van der Waals surface area contributed by atoms with Crippen LogP contribution in [0.25, 0.3) is 0 Å². The number of aryl methyl sites for hydroxylation is 2. The van der Waals surface area contributed by atoms with Gasteiger partial charge in [-0.2, -0.15) is 10.5 Å². The van der Waals surface area contributed by atoms with E-state index in [1.54, 1.807) is 26.0 Å². The summed E-state index contributed by atoms with van der Waals surface area (Å²) in [7, 11) is 0. The van der Waals surface area contributed by atoms with Crippen LogP contribution < -0.4 is 4.90 Å². The maximum absolute atomic E-state index is 13.0. The second-order valence-electron chi connectivity index (χ2n) is 5.69. The first kappa shape index (κ1) is 19.4. The third kappa shape index (κ3) is 4.80. The smallest absolute Gasteiger partial charge is 0.266 e. The van der Waals surface area contributed by atoms with E-state index in [0.717, 1.165) is 5.56 Å². The molecule has 1 aliphatic heterocycles. The minimum atomic E-state index is -2.65. The van der Waals surface area contributed by atoms with E-state index in [2.05, 4.69) is 20.4 Å². The minimum Gasteiger partial charge on any atom is -0.349 e. The largest absolute Gasteiger partial charge is 0.349 e. The molecule has 10 heteroatoms. The Hall–Kier alpha value is -2.91. The molecule has 0 bridgehead atoms. The van der Waals surface area contributed by atoms with Gasteiger partial charge in [0.05, 0.1) is 6.54 Å². The molecule has 0 radical (unpaired) electrons. The summed E-state index contributed by atoms with van der Waals surface area (Å²) in [6.07, 6.45) is -0.159. The average Bonchev–Trinajstić information content (AvgIpc) is 2.97. The molecule has 3 heterocycles. The predicted molar refractivity (Wildman–Crippen MR) is 89.8 cm³/mol. The fraction of sp³-hybridized carbons (Fsp3) is 0.375. The Morgan fingerprint density at radius 3 is 2.08 bits per heavy atom. The fourth-order valence-electron chi connectivity index (χ4n) is 2.29. The lowest BCUT2D eigenvalue weighted by molar-refractivity contribution is 0.0256. The van der Waals surface area contributed by atoms with E-state index in [1.165, 1.54) is 4.90 Å². The number of alkyl halides is 2. The quantitative estimate of drug-likeness (QED) is 0.752. The van der Waals surface area contributed by atoms with Gasteiger partial charge < -0.3 is 4.90 Å². The average molecular weight is 378 g/mol. The summed E-state index contributed by atoms with van der Waals surface area (Å²) < 4.78 is 26.0. The highest BCUT2D eigenvalue weighted by Crippen LogP contribution is 2.30. The van der Waals surface area contributed by atoms with Crippen LogP contribution in [-0.2, 0) is 0 Å². The summed E-state index contributed by atoms with van der Waals surface area (Å²) in [5, 5.41) is 31.8. The summed E-state index contributed by atoms with van der Waals surface area (Å²) >= 11 is 5.55. The molecule has 0 aliphatic carbocycles. The van der Waals surface area contributed by atoms with Gasteiger partial charge in [-0.05, 0) is 37.1 Å². The molecule has 0 spiro atoms. The van der Waals surface area contributed by atoms with Gasteiger partial charge >= 0.3 is 0 Å². The lowest BCUT2D eigenvalue weighted by atomic mass is 10.2. The topological polar surface area (TPSA) is 102 Å². The van der Waals surface area contributed by atoms with Gasteiger partial charge in [0.25, 0.3) is 5.92 Å². The fourth-order valence-corrected chi connectivity index (χ4v) is 2.38. The normalized spacial score (nSPS) is 14.8. The Balaban J connectivity index is 0.000000209. The van der Waals surface area contributed by atoms with Crippen LogP contribution in [0, 0.1) is 36.5 Å². The third-order valence-electron chi connectivity index (χ3n) is 3.58. The van der Waals surface area contributed by atoms with Crippen molar-refractivity contribution in [3.63, 3.8) is 0 Å². The van der Waals surface area contributed by atoms with Crippen LogP contribution in [0.15, 0.2) is 12.1 Å². The number of aromatic nitrogens is 4. The lowest BCUT2D eigenvalue weighted by Gasteiger charge is -2.18. The molecule has 0 unspecified atom stereocenters. The second kappa shape index (κ2) is 7.98. The van der Waals surface area contributed by atoms with Gasteiger partial charge in [0.2, 0.25) is 0 Å². The zero-order valence-corrected chi connectivity index (χ0v) is 14.8. The van der Waals surface area contributed by atoms with Gasteiger partial charge in [-0.3, -0.25) is 0 Å². The second-order valence-corrected chi connectivity index (χ2v) is 6.05. The van der Waals surface area contributed by atoms with Crippen LogP contribution in [0.2, 0.25) is 5.15 Å². The van der Waals surface area contributed by atoms with Gasteiger partial charge in [0.1, 0.15) is 12.1 Å². The number of hydrogen-bond donors (Lipinski definition) is 0. The molecule has 0 amide bonds. The summed E-state index contributed by atoms with van der Waals surface area (Å²) in [5.74, 6) is -2.21. The first-order valence-electron chi connectivity index (χ1n) is 7.53. The molecule has 1 saturated heterocycles. The predicted octanol–water partition coefficient (Wildman–Crippen LogP) is 2.81. The van der Waals surface area contributed by atoms with E-state index in [1.807, 2.05) is 12.1 Å². The zero-order valence-electron chi connectivity index (χ0n) is 14.0. The van der Waals surface area contributed by atoms with Gasteiger partial charge in [-0.25, -0.2) is 8.78 Å². The highest BCUT2D eigenvalue weighted by molar-refractivity contribution is 6.30. The van der Waals surface area contributed by atoms with Crippen LogP contribution in [0.1, 0.15) is 28.9 Å². The number of halogens is 3. The molecule has 0 aromatic carbocycles. The van der Waals surface area contributed by atoms with Crippen molar-refractivity contribution in [3.8, 4) is 12.1 Å². The maximum atomic E-state index is 13.0. The number of nitriles is 2. The molecule has 3 rings (SSSR count). The van der Waals surface area contributed by atoms with Crippen molar-refractivity contribution in [3.05, 3.63) is 39.8 Å². The minimum absolute atomic E-state index is 0.159. The molecule has 1 aliphatic rings. The van der Waals surface area contributed by atoms with Gasteiger partial charge in [0, 0.05) is 13.0 Å². The van der Waals surface area contributed by atoms with E-state index in [9.17, 15) is 8.78 Å². The maximum Gasteiger partial charge on any atom is 0.266 e. The highest BCUT2D eigenvalue weighted by Gasteiger charge is 2.39. The highest BCUT2D eigenvalue weighted by atomic mass is 35.5. The number of anilines is 1. The molecule has 2 aromatic heterocycles. The van der Waals surface area contributed by atoms with E-state index in [0.29, 0.717) is 22.2 Å². The van der Waals surface area contributed by atoms with Crippen molar-refractivity contribution >= 4 is 17.4 Å². The SMILES string of the molecule is Cc1cc(C#N)nnc1Cl.Cc1cc(C#N)nnc1N1CCC(F)(F)C1. The van der Waals surface area contributed by atoms with Crippen molar-refractivity contribution in [1.82, 2.24) is 20.4 Å². The lowest BCUT2D eigenvalue weighted by Crippen LogP contribution is -2.26. The van der Waals surface area contributed by atoms with E-state index in [4.69, 9.17) is 22.1 Å². The summed E-state index contributed by atoms with van der Waals surface area (Å²) in [4.78, 5) is 1.50. The molecular formula is C16H14ClF2N7. The Kier molecular flexibility index (Phi) is 5.96. The van der Waals surface area contributed by atoms with Crippen molar-refractivity contribution < 1.29 is 8.78 Å². The Labute approximate surface area is 153 Å². The Morgan fingerprint density at radius 1 is 1.04 bits per heavy atom. The van der Waals surface area contributed by atoms with Crippen molar-refractivity contribution in [1.29, 1.82) is 10.5 Å². The van der Waals surface area contributed by atoms with Crippen LogP contribution >= 0.6 is 11.6 Å². The summed E-state index contributed by atoms with van der Waals surface area (Å²) in [6.45, 7) is 3.46. The van der Waals surface area contributed by atoms with E-state index in [-0.39, 0.29) is 25.2 Å². The molecule has 1 fully saturated rings. The van der Waals surface area contributed by atoms with Crippen molar-refractivity contribution in [2.75, 3.05) is 18.0 Å². The molecule has 0 atom stereocenters. The molecule has 0 N–H and O–H groups in total.